The van der Waals surface area contributed by atoms with Gasteiger partial charge in [0.1, 0.15) is 0 Å². The van der Waals surface area contributed by atoms with Crippen LogP contribution in [0.4, 0.5) is 5.69 Å². The summed E-state index contributed by atoms with van der Waals surface area (Å²) in [7, 11) is 0. The van der Waals surface area contributed by atoms with Crippen molar-refractivity contribution in [3.63, 3.8) is 0 Å². The number of hydrogen-bond acceptors (Lipinski definition) is 6. The number of nitrogens with zero attached hydrogens (tertiary/aromatic N) is 2. The van der Waals surface area contributed by atoms with Gasteiger partial charge in [0.05, 0.1) is 23.3 Å². The SMILES string of the molecule is CC(=O)Nc1ccccc1Cn1c2c(c3ccccc31)C[C@@]1(O)[C@H]3Cc4ccc(OC(C)=O)c5c4[C@@]1(CCN3CC1CC1)[C@H]2O5. The van der Waals surface area contributed by atoms with Crippen LogP contribution < -0.4 is 14.8 Å². The van der Waals surface area contributed by atoms with Crippen molar-refractivity contribution in [2.24, 2.45) is 5.92 Å². The summed E-state index contributed by atoms with van der Waals surface area (Å²) >= 11 is 0. The van der Waals surface area contributed by atoms with E-state index in [0.29, 0.717) is 30.4 Å². The van der Waals surface area contributed by atoms with Gasteiger partial charge in [-0.25, -0.2) is 0 Å². The molecule has 0 radical (unpaired) electrons. The van der Waals surface area contributed by atoms with Crippen LogP contribution in [0.2, 0.25) is 0 Å². The molecule has 230 valence electrons. The van der Waals surface area contributed by atoms with E-state index >= 15 is 0 Å². The van der Waals surface area contributed by atoms with Gasteiger partial charge in [-0.05, 0) is 73.0 Å². The van der Waals surface area contributed by atoms with Crippen molar-refractivity contribution >= 4 is 28.5 Å². The zero-order valence-electron chi connectivity index (χ0n) is 25.6. The molecule has 2 N–H and O–H groups in total. The number of fused-ring (bicyclic) bond motifs is 4. The summed E-state index contributed by atoms with van der Waals surface area (Å²) < 4.78 is 15.2. The summed E-state index contributed by atoms with van der Waals surface area (Å²) in [4.78, 5) is 26.9. The highest BCUT2D eigenvalue weighted by Gasteiger charge is 2.73. The number of nitrogens with one attached hydrogen (secondary N) is 1. The smallest absolute Gasteiger partial charge is 0.308 e. The van der Waals surface area contributed by atoms with Gasteiger partial charge in [-0.2, -0.15) is 0 Å². The van der Waals surface area contributed by atoms with Gasteiger partial charge in [0, 0.05) is 55.0 Å². The molecule has 8 nitrogen and oxygen atoms in total. The number of hydrogen-bond donors (Lipinski definition) is 2. The first-order valence-corrected chi connectivity index (χ1v) is 16.2. The Labute approximate surface area is 261 Å². The largest absolute Gasteiger partial charge is 0.479 e. The lowest BCUT2D eigenvalue weighted by Crippen LogP contribution is -2.74. The van der Waals surface area contributed by atoms with E-state index in [-0.39, 0.29) is 11.9 Å². The molecule has 1 aromatic heterocycles. The topological polar surface area (TPSA) is 93.0 Å². The molecule has 1 saturated heterocycles. The summed E-state index contributed by atoms with van der Waals surface area (Å²) in [6.45, 7) is 5.38. The minimum Gasteiger partial charge on any atom is -0.479 e. The van der Waals surface area contributed by atoms with E-state index in [1.54, 1.807) is 0 Å². The molecule has 8 heteroatoms. The molecule has 1 amide bonds. The normalized spacial score (nSPS) is 27.4. The minimum absolute atomic E-state index is 0.0354. The van der Waals surface area contributed by atoms with Gasteiger partial charge in [0.2, 0.25) is 5.91 Å². The summed E-state index contributed by atoms with van der Waals surface area (Å²) in [5.41, 5.74) is 5.48. The van der Waals surface area contributed by atoms with Gasteiger partial charge in [0.15, 0.2) is 17.6 Å². The number of carbonyl (C=O) groups is 2. The van der Waals surface area contributed by atoms with E-state index in [2.05, 4.69) is 51.2 Å². The molecule has 3 aromatic carbocycles. The highest BCUT2D eigenvalue weighted by molar-refractivity contribution is 5.90. The molecular weight excluding hydrogens is 566 g/mol. The number of carbonyl (C=O) groups excluding carboxylic acids is 2. The Balaban J connectivity index is 1.28. The quantitative estimate of drug-likeness (QED) is 0.230. The number of aromatic nitrogens is 1. The summed E-state index contributed by atoms with van der Waals surface area (Å²) in [5, 5.41) is 17.5. The van der Waals surface area contributed by atoms with Crippen molar-refractivity contribution in [1.82, 2.24) is 9.47 Å². The lowest BCUT2D eigenvalue weighted by molar-refractivity contribution is -0.173. The number of para-hydroxylation sites is 2. The van der Waals surface area contributed by atoms with Crippen LogP contribution in [0.3, 0.4) is 0 Å². The van der Waals surface area contributed by atoms with E-state index in [0.717, 1.165) is 64.9 Å². The Hall–Kier alpha value is -4.14. The fourth-order valence-corrected chi connectivity index (χ4v) is 9.34. The number of aliphatic hydroxyl groups is 1. The van der Waals surface area contributed by atoms with Crippen LogP contribution in [-0.4, -0.2) is 51.2 Å². The first-order chi connectivity index (χ1) is 21.8. The highest BCUT2D eigenvalue weighted by atomic mass is 16.6. The zero-order valence-corrected chi connectivity index (χ0v) is 25.6. The third-order valence-electron chi connectivity index (χ3n) is 11.2. The molecule has 4 aromatic rings. The Kier molecular flexibility index (Phi) is 5.70. The molecule has 5 aliphatic rings. The molecule has 4 atom stereocenters. The maximum atomic E-state index is 13.4. The molecule has 45 heavy (non-hydrogen) atoms. The van der Waals surface area contributed by atoms with Gasteiger partial charge in [-0.15, -0.1) is 0 Å². The van der Waals surface area contributed by atoms with Crippen LogP contribution in [0, 0.1) is 5.92 Å². The molecule has 0 unspecified atom stereocenters. The Morgan fingerprint density at radius 1 is 1.07 bits per heavy atom. The third-order valence-corrected chi connectivity index (χ3v) is 11.2. The average molecular weight is 604 g/mol. The number of esters is 1. The second kappa shape index (κ2) is 9.44. The van der Waals surface area contributed by atoms with Gasteiger partial charge < -0.3 is 24.5 Å². The van der Waals surface area contributed by atoms with E-state index in [1.807, 2.05) is 24.3 Å². The minimum atomic E-state index is -1.06. The molecule has 2 bridgehead atoms. The molecule has 2 fully saturated rings. The van der Waals surface area contributed by atoms with Crippen LogP contribution in [-0.2, 0) is 34.4 Å². The van der Waals surface area contributed by atoms with E-state index in [9.17, 15) is 14.7 Å². The molecule has 1 spiro atoms. The van der Waals surface area contributed by atoms with Crippen molar-refractivity contribution in [2.75, 3.05) is 18.4 Å². The highest BCUT2D eigenvalue weighted by Crippen LogP contribution is 2.69. The van der Waals surface area contributed by atoms with Crippen molar-refractivity contribution in [3.8, 4) is 11.5 Å². The number of piperidine rings is 1. The summed E-state index contributed by atoms with van der Waals surface area (Å²) in [5.74, 6) is 1.23. The van der Waals surface area contributed by atoms with Crippen LogP contribution in [0.5, 0.6) is 11.5 Å². The molecular formula is C37H37N3O5. The molecule has 3 aliphatic carbocycles. The standard InChI is InChI=1S/C37H37N3O5/c1-21(41)38-28-9-5-3-7-25(28)20-40-29-10-6-4-8-26(29)27-18-37(43)31-17-24-13-14-30(44-22(2)42)34-32(24)36(37,35(45-34)33(27)40)15-16-39(31)19-23-11-12-23/h3-10,13-14,23,31,35,43H,11-12,15-20H2,1-2H3,(H,38,41)/t31-,35+,36+,37-/m1/s1. The first-order valence-electron chi connectivity index (χ1n) is 16.2. The second-order valence-corrected chi connectivity index (χ2v) is 13.8. The predicted molar refractivity (Wildman–Crippen MR) is 170 cm³/mol. The number of likely N-dealkylation sites (tertiary alicyclic amines) is 1. The van der Waals surface area contributed by atoms with E-state index < -0.39 is 23.1 Å². The molecule has 2 aliphatic heterocycles. The summed E-state index contributed by atoms with van der Waals surface area (Å²) in [6, 6.07) is 20.3. The number of rotatable bonds is 6. The molecule has 1 saturated carbocycles. The molecule has 3 heterocycles. The molecule has 9 rings (SSSR count). The van der Waals surface area contributed by atoms with E-state index in [1.165, 1.54) is 32.3 Å². The number of amides is 1. The lowest BCUT2D eigenvalue weighted by Gasteiger charge is -2.63. The van der Waals surface area contributed by atoms with Gasteiger partial charge >= 0.3 is 5.97 Å². The van der Waals surface area contributed by atoms with Crippen molar-refractivity contribution < 1.29 is 24.2 Å². The Morgan fingerprint density at radius 3 is 2.67 bits per heavy atom. The Morgan fingerprint density at radius 2 is 1.87 bits per heavy atom. The predicted octanol–water partition coefficient (Wildman–Crippen LogP) is 5.27. The number of anilines is 1. The van der Waals surface area contributed by atoms with Crippen LogP contribution in [0.25, 0.3) is 10.9 Å². The zero-order chi connectivity index (χ0) is 30.7. The maximum Gasteiger partial charge on any atom is 0.308 e. The van der Waals surface area contributed by atoms with Crippen molar-refractivity contribution in [1.29, 1.82) is 0 Å². The third kappa shape index (κ3) is 3.72. The average Bonchev–Trinajstić information content (AvgIpc) is 3.68. The van der Waals surface area contributed by atoms with Crippen molar-refractivity contribution in [3.05, 3.63) is 88.6 Å². The van der Waals surface area contributed by atoms with Crippen LogP contribution in [0.15, 0.2) is 60.7 Å². The van der Waals surface area contributed by atoms with Crippen LogP contribution >= 0.6 is 0 Å². The number of benzene rings is 3. The monoisotopic (exact) mass is 603 g/mol. The fourth-order valence-electron chi connectivity index (χ4n) is 9.34. The van der Waals surface area contributed by atoms with E-state index in [4.69, 9.17) is 9.47 Å². The number of ether oxygens (including phenoxy) is 2. The Bertz CT molecular complexity index is 1930. The van der Waals surface area contributed by atoms with Gasteiger partial charge in [-0.3, -0.25) is 14.5 Å². The lowest BCUT2D eigenvalue weighted by atomic mass is 9.49. The second-order valence-electron chi connectivity index (χ2n) is 13.8. The van der Waals surface area contributed by atoms with Crippen LogP contribution in [0.1, 0.15) is 67.2 Å². The van der Waals surface area contributed by atoms with Gasteiger partial charge in [-0.1, -0.05) is 42.5 Å². The van der Waals surface area contributed by atoms with Gasteiger partial charge in [0.25, 0.3) is 0 Å². The maximum absolute atomic E-state index is 13.4. The fraction of sp³-hybridized carbons (Fsp3) is 0.405. The first kappa shape index (κ1) is 27.2. The van der Waals surface area contributed by atoms with Crippen molar-refractivity contribution in [2.45, 2.75) is 75.7 Å². The summed E-state index contributed by atoms with van der Waals surface area (Å²) in [6.07, 6.45) is 4.08.